The number of carboxylic acids is 1. The molecule has 1 aromatic heterocycles. The summed E-state index contributed by atoms with van der Waals surface area (Å²) in [5.74, 6) is -1.03. The van der Waals surface area contributed by atoms with E-state index < -0.39 is 5.97 Å². The zero-order valence-electron chi connectivity index (χ0n) is 10.9. The van der Waals surface area contributed by atoms with Crippen LogP contribution in [0.4, 0.5) is 0 Å². The lowest BCUT2D eigenvalue weighted by Gasteiger charge is -2.02. The minimum atomic E-state index is -1.12. The van der Waals surface area contributed by atoms with Crippen molar-refractivity contribution in [2.45, 2.75) is 26.7 Å². The molecule has 19 heavy (non-hydrogen) atoms. The smallest absolute Gasteiger partial charge is 0.373 e. The number of hydrogen-bond acceptors (Lipinski definition) is 3. The average Bonchev–Trinajstić information content (AvgIpc) is 2.77. The topological polar surface area (TPSA) is 63.3 Å². The van der Waals surface area contributed by atoms with E-state index >= 15 is 0 Å². The largest absolute Gasteiger partial charge is 0.475 e. The van der Waals surface area contributed by atoms with Gasteiger partial charge in [0.05, 0.1) is 16.3 Å². The third kappa shape index (κ3) is 2.49. The summed E-state index contributed by atoms with van der Waals surface area (Å²) in [4.78, 5) is 15.4. The molecule has 1 aromatic carbocycles. The highest BCUT2D eigenvalue weighted by Gasteiger charge is 2.23. The van der Waals surface area contributed by atoms with E-state index in [0.29, 0.717) is 16.3 Å². The molecule has 0 bridgehead atoms. The second-order valence-electron chi connectivity index (χ2n) is 4.63. The Hall–Kier alpha value is -1.81. The molecule has 0 saturated carbocycles. The molecule has 0 aliphatic rings. The second kappa shape index (κ2) is 5.05. The van der Waals surface area contributed by atoms with Gasteiger partial charge in [0.15, 0.2) is 0 Å². The molecule has 5 heteroatoms. The molecular weight excluding hydrogens is 266 g/mol. The fourth-order valence-corrected chi connectivity index (χ4v) is 2.01. The molecule has 0 aliphatic carbocycles. The first-order chi connectivity index (χ1) is 8.91. The number of aromatic nitrogens is 1. The van der Waals surface area contributed by atoms with Gasteiger partial charge in [-0.1, -0.05) is 37.6 Å². The Balaban J connectivity index is 2.61. The van der Waals surface area contributed by atoms with Gasteiger partial charge >= 0.3 is 5.97 Å². The number of halogens is 1. The molecule has 2 rings (SSSR count). The summed E-state index contributed by atoms with van der Waals surface area (Å²) in [6.45, 7) is 5.61. The number of hydrogen-bond donors (Lipinski definition) is 1. The molecule has 0 amide bonds. The monoisotopic (exact) mass is 279 g/mol. The van der Waals surface area contributed by atoms with Crippen molar-refractivity contribution in [3.05, 3.63) is 40.2 Å². The predicted molar refractivity (Wildman–Crippen MR) is 72.7 cm³/mol. The number of rotatable bonds is 3. The van der Waals surface area contributed by atoms with Crippen molar-refractivity contribution in [2.75, 3.05) is 0 Å². The lowest BCUT2D eigenvalue weighted by atomic mass is 10.1. The zero-order chi connectivity index (χ0) is 14.2. The van der Waals surface area contributed by atoms with Crippen molar-refractivity contribution in [2.24, 2.45) is 0 Å². The van der Waals surface area contributed by atoms with E-state index in [4.69, 9.17) is 21.1 Å². The number of aromatic carboxylic acids is 1. The van der Waals surface area contributed by atoms with Gasteiger partial charge in [-0.25, -0.2) is 9.78 Å². The summed E-state index contributed by atoms with van der Waals surface area (Å²) in [6.07, 6.45) is 0. The minimum Gasteiger partial charge on any atom is -0.475 e. The van der Waals surface area contributed by atoms with Crippen LogP contribution in [0, 0.1) is 6.92 Å². The van der Waals surface area contributed by atoms with Gasteiger partial charge < -0.3 is 9.52 Å². The standard InChI is InChI=1S/C14H14ClNO3/c1-7(2)11-12(14(17)18)19-13(16-11)9-6-4-5-8(3)10(9)15/h4-7H,1-3H3,(H,17,18). The first-order valence-electron chi connectivity index (χ1n) is 5.91. The molecule has 0 atom stereocenters. The van der Waals surface area contributed by atoms with Crippen molar-refractivity contribution in [3.8, 4) is 11.5 Å². The van der Waals surface area contributed by atoms with E-state index in [2.05, 4.69) is 4.98 Å². The number of carbonyl (C=O) groups is 1. The van der Waals surface area contributed by atoms with Gasteiger partial charge in [0.2, 0.25) is 11.7 Å². The maximum absolute atomic E-state index is 11.2. The predicted octanol–water partition coefficient (Wildman–Crippen LogP) is 4.13. The van der Waals surface area contributed by atoms with Gasteiger partial charge in [-0.2, -0.15) is 0 Å². The van der Waals surface area contributed by atoms with E-state index in [1.165, 1.54) is 0 Å². The van der Waals surface area contributed by atoms with Gasteiger partial charge in [0.25, 0.3) is 0 Å². The molecule has 0 spiro atoms. The van der Waals surface area contributed by atoms with Crippen molar-refractivity contribution in [1.82, 2.24) is 4.98 Å². The van der Waals surface area contributed by atoms with Crippen LogP contribution in [0.3, 0.4) is 0 Å². The molecule has 100 valence electrons. The molecule has 2 aromatic rings. The van der Waals surface area contributed by atoms with Crippen molar-refractivity contribution < 1.29 is 14.3 Å². The van der Waals surface area contributed by atoms with Gasteiger partial charge in [-0.05, 0) is 24.5 Å². The van der Waals surface area contributed by atoms with Crippen molar-refractivity contribution in [3.63, 3.8) is 0 Å². The Labute approximate surface area is 116 Å². The summed E-state index contributed by atoms with van der Waals surface area (Å²) in [6, 6.07) is 5.46. The zero-order valence-corrected chi connectivity index (χ0v) is 11.7. The molecule has 0 saturated heterocycles. The Morgan fingerprint density at radius 1 is 1.42 bits per heavy atom. The van der Waals surface area contributed by atoms with E-state index in [1.54, 1.807) is 6.07 Å². The Morgan fingerprint density at radius 3 is 2.63 bits per heavy atom. The highest BCUT2D eigenvalue weighted by atomic mass is 35.5. The van der Waals surface area contributed by atoms with Gasteiger partial charge in [-0.15, -0.1) is 0 Å². The fourth-order valence-electron chi connectivity index (χ4n) is 1.80. The van der Waals surface area contributed by atoms with Crippen LogP contribution in [0.5, 0.6) is 0 Å². The SMILES string of the molecule is Cc1cccc(-c2nc(C(C)C)c(C(=O)O)o2)c1Cl. The van der Waals surface area contributed by atoms with Crippen LogP contribution in [-0.2, 0) is 0 Å². The normalized spacial score (nSPS) is 11.0. The number of carboxylic acid groups (broad SMARTS) is 1. The number of aryl methyl sites for hydroxylation is 1. The first kappa shape index (κ1) is 13.6. The second-order valence-corrected chi connectivity index (χ2v) is 5.01. The van der Waals surface area contributed by atoms with Gasteiger partial charge in [0, 0.05) is 0 Å². The van der Waals surface area contributed by atoms with Crippen molar-refractivity contribution in [1.29, 1.82) is 0 Å². The third-order valence-electron chi connectivity index (χ3n) is 2.82. The summed E-state index contributed by atoms with van der Waals surface area (Å²) >= 11 is 6.20. The molecule has 0 unspecified atom stereocenters. The van der Waals surface area contributed by atoms with E-state index in [-0.39, 0.29) is 17.6 Å². The maximum Gasteiger partial charge on any atom is 0.373 e. The fraction of sp³-hybridized carbons (Fsp3) is 0.286. The van der Waals surface area contributed by atoms with E-state index in [1.807, 2.05) is 32.9 Å². The van der Waals surface area contributed by atoms with Crippen LogP contribution >= 0.6 is 11.6 Å². The number of oxazole rings is 1. The number of nitrogens with zero attached hydrogens (tertiary/aromatic N) is 1. The van der Waals surface area contributed by atoms with Crippen LogP contribution in [0.15, 0.2) is 22.6 Å². The van der Waals surface area contributed by atoms with Gasteiger partial charge in [-0.3, -0.25) is 0 Å². The molecule has 4 nitrogen and oxygen atoms in total. The first-order valence-corrected chi connectivity index (χ1v) is 6.29. The quantitative estimate of drug-likeness (QED) is 0.918. The third-order valence-corrected chi connectivity index (χ3v) is 3.32. The highest BCUT2D eigenvalue weighted by molar-refractivity contribution is 6.33. The van der Waals surface area contributed by atoms with E-state index in [9.17, 15) is 4.79 Å². The molecule has 0 radical (unpaired) electrons. The molecule has 1 heterocycles. The molecule has 0 fully saturated rings. The summed E-state index contributed by atoms with van der Waals surface area (Å²) in [5.41, 5.74) is 1.93. The van der Waals surface area contributed by atoms with Crippen LogP contribution in [0.2, 0.25) is 5.02 Å². The Bertz CT molecular complexity index is 632. The maximum atomic E-state index is 11.2. The highest BCUT2D eigenvalue weighted by Crippen LogP contribution is 2.32. The van der Waals surface area contributed by atoms with Crippen LogP contribution < -0.4 is 0 Å². The molecule has 0 aliphatic heterocycles. The lowest BCUT2D eigenvalue weighted by Crippen LogP contribution is -2.01. The van der Waals surface area contributed by atoms with Crippen LogP contribution in [-0.4, -0.2) is 16.1 Å². The lowest BCUT2D eigenvalue weighted by molar-refractivity contribution is 0.0661. The van der Waals surface area contributed by atoms with Crippen molar-refractivity contribution >= 4 is 17.6 Å². The molecule has 1 N–H and O–H groups in total. The van der Waals surface area contributed by atoms with E-state index in [0.717, 1.165) is 5.56 Å². The minimum absolute atomic E-state index is 0.0350. The summed E-state index contributed by atoms with van der Waals surface area (Å²) < 4.78 is 5.36. The Kier molecular flexibility index (Phi) is 3.62. The average molecular weight is 280 g/mol. The molecular formula is C14H14ClNO3. The summed E-state index contributed by atoms with van der Waals surface area (Å²) in [7, 11) is 0. The Morgan fingerprint density at radius 2 is 2.11 bits per heavy atom. The summed E-state index contributed by atoms with van der Waals surface area (Å²) in [5, 5.41) is 9.66. The van der Waals surface area contributed by atoms with Gasteiger partial charge in [0.1, 0.15) is 0 Å². The van der Waals surface area contributed by atoms with Crippen LogP contribution in [0.1, 0.15) is 41.6 Å². The van der Waals surface area contributed by atoms with Crippen LogP contribution in [0.25, 0.3) is 11.5 Å². The number of benzene rings is 1.